The molecule has 0 unspecified atom stereocenters. The molecule has 0 atom stereocenters. The van der Waals surface area contributed by atoms with Gasteiger partial charge in [-0.25, -0.2) is 4.79 Å². The molecule has 3 aromatic heterocycles. The number of Topliss-reactive ketones (excluding diaryl/α,β-unsaturated/α-hetero) is 2. The molecule has 10 nitrogen and oxygen atoms in total. The number of carbonyl (C=O) groups is 3. The van der Waals surface area contributed by atoms with E-state index in [1.54, 1.807) is 44.2 Å². The number of nitro groups is 1. The topological polar surface area (TPSA) is 129 Å². The summed E-state index contributed by atoms with van der Waals surface area (Å²) in [6.45, 7) is 0. The number of aromatic nitrogens is 3. The van der Waals surface area contributed by atoms with Gasteiger partial charge in [0.1, 0.15) is 5.69 Å². The molecule has 0 bridgehead atoms. The first-order valence-electron chi connectivity index (χ1n) is 8.97. The van der Waals surface area contributed by atoms with Crippen LogP contribution in [0.2, 0.25) is 0 Å². The Kier molecular flexibility index (Phi) is 5.41. The molecule has 0 aromatic carbocycles. The summed E-state index contributed by atoms with van der Waals surface area (Å²) in [7, 11) is 4.84. The molecular formula is C20H20N4O6. The van der Waals surface area contributed by atoms with Crippen molar-refractivity contribution in [3.05, 3.63) is 75.1 Å². The van der Waals surface area contributed by atoms with Crippen molar-refractivity contribution in [2.75, 3.05) is 0 Å². The summed E-state index contributed by atoms with van der Waals surface area (Å²) in [6.07, 6.45) is 4.55. The highest BCUT2D eigenvalue weighted by atomic mass is 16.6. The van der Waals surface area contributed by atoms with Gasteiger partial charge in [0.05, 0.1) is 22.5 Å². The lowest BCUT2D eigenvalue weighted by atomic mass is 10.1. The molecule has 30 heavy (non-hydrogen) atoms. The van der Waals surface area contributed by atoms with E-state index in [4.69, 9.17) is 5.11 Å². The van der Waals surface area contributed by atoms with E-state index in [0.29, 0.717) is 16.8 Å². The highest BCUT2D eigenvalue weighted by molar-refractivity contribution is 5.99. The Balaban J connectivity index is 1.75. The Bertz CT molecular complexity index is 1180. The first-order chi connectivity index (χ1) is 14.1. The Morgan fingerprint density at radius 2 is 1.27 bits per heavy atom. The van der Waals surface area contributed by atoms with E-state index >= 15 is 0 Å². The monoisotopic (exact) mass is 412 g/mol. The standard InChI is InChI=1S/C20H20N4O6/c1-21-9-12(6-19(26)16-8-14(24(29)30)11-23(16)3)4-15(21)18(25)7-13-5-17(20(27)28)22(2)10-13/h4-5,8-11H,6-7H2,1-3H3,(H,27,28). The smallest absolute Gasteiger partial charge is 0.352 e. The zero-order valence-electron chi connectivity index (χ0n) is 16.7. The Labute approximate surface area is 171 Å². The van der Waals surface area contributed by atoms with Crippen LogP contribution in [-0.4, -0.2) is 41.3 Å². The Morgan fingerprint density at radius 3 is 1.70 bits per heavy atom. The summed E-state index contributed by atoms with van der Waals surface area (Å²) in [5.41, 5.74) is 1.71. The highest BCUT2D eigenvalue weighted by Gasteiger charge is 2.20. The van der Waals surface area contributed by atoms with Crippen LogP contribution in [0.1, 0.15) is 42.6 Å². The van der Waals surface area contributed by atoms with Gasteiger partial charge in [0, 0.05) is 52.4 Å². The fourth-order valence-corrected chi connectivity index (χ4v) is 3.43. The summed E-state index contributed by atoms with van der Waals surface area (Å²) in [6, 6.07) is 4.29. The predicted octanol–water partition coefficient (Wildman–Crippen LogP) is 2.16. The van der Waals surface area contributed by atoms with Crippen molar-refractivity contribution in [2.24, 2.45) is 21.1 Å². The average Bonchev–Trinajstić information content (AvgIpc) is 3.31. The Morgan fingerprint density at radius 1 is 0.833 bits per heavy atom. The van der Waals surface area contributed by atoms with Crippen LogP contribution in [0.5, 0.6) is 0 Å². The lowest BCUT2D eigenvalue weighted by molar-refractivity contribution is -0.384. The van der Waals surface area contributed by atoms with Crippen molar-refractivity contribution >= 4 is 23.2 Å². The summed E-state index contributed by atoms with van der Waals surface area (Å²) >= 11 is 0. The number of rotatable bonds is 8. The lowest BCUT2D eigenvalue weighted by Crippen LogP contribution is -2.08. The number of carboxylic acids is 1. The molecule has 0 saturated carbocycles. The zero-order chi connectivity index (χ0) is 22.2. The van der Waals surface area contributed by atoms with E-state index < -0.39 is 10.9 Å². The molecule has 0 aliphatic heterocycles. The quantitative estimate of drug-likeness (QED) is 0.343. The SMILES string of the molecule is Cn1cc(CC(=O)c2cc(CC(=O)c3cc([N+](=O)[O-])cn3C)cn2C)cc1C(=O)O. The van der Waals surface area contributed by atoms with Gasteiger partial charge < -0.3 is 18.8 Å². The van der Waals surface area contributed by atoms with Crippen molar-refractivity contribution < 1.29 is 24.4 Å². The molecule has 3 heterocycles. The predicted molar refractivity (Wildman–Crippen MR) is 106 cm³/mol. The minimum Gasteiger partial charge on any atom is -0.477 e. The van der Waals surface area contributed by atoms with Gasteiger partial charge in [-0.2, -0.15) is 0 Å². The fourth-order valence-electron chi connectivity index (χ4n) is 3.43. The number of nitrogens with zero attached hydrogens (tertiary/aromatic N) is 4. The van der Waals surface area contributed by atoms with E-state index in [9.17, 15) is 24.5 Å². The number of carboxylic acid groups (broad SMARTS) is 1. The van der Waals surface area contributed by atoms with Gasteiger partial charge in [-0.05, 0) is 23.3 Å². The molecule has 0 saturated heterocycles. The zero-order valence-corrected chi connectivity index (χ0v) is 16.7. The lowest BCUT2D eigenvalue weighted by Gasteiger charge is -2.00. The molecule has 0 spiro atoms. The third-order valence-electron chi connectivity index (χ3n) is 4.84. The van der Waals surface area contributed by atoms with Crippen molar-refractivity contribution in [2.45, 2.75) is 12.8 Å². The van der Waals surface area contributed by atoms with E-state index in [1.165, 1.54) is 27.5 Å². The summed E-state index contributed by atoms with van der Waals surface area (Å²) in [5.74, 6) is -1.59. The second kappa shape index (κ2) is 7.82. The van der Waals surface area contributed by atoms with Crippen LogP contribution >= 0.6 is 0 Å². The third kappa shape index (κ3) is 4.07. The van der Waals surface area contributed by atoms with E-state index in [0.717, 1.165) is 0 Å². The van der Waals surface area contributed by atoms with Crippen LogP contribution in [0.25, 0.3) is 0 Å². The molecule has 0 fully saturated rings. The number of carbonyl (C=O) groups excluding carboxylic acids is 2. The first-order valence-corrected chi connectivity index (χ1v) is 8.97. The van der Waals surface area contributed by atoms with Crippen LogP contribution in [0, 0.1) is 10.1 Å². The number of ketones is 2. The van der Waals surface area contributed by atoms with Crippen LogP contribution < -0.4 is 0 Å². The van der Waals surface area contributed by atoms with Gasteiger partial charge in [-0.3, -0.25) is 19.7 Å². The van der Waals surface area contributed by atoms with Crippen molar-refractivity contribution in [3.8, 4) is 0 Å². The van der Waals surface area contributed by atoms with E-state index in [2.05, 4.69) is 0 Å². The molecule has 3 aromatic rings. The molecule has 0 aliphatic rings. The largest absolute Gasteiger partial charge is 0.477 e. The van der Waals surface area contributed by atoms with Crippen LogP contribution in [0.3, 0.4) is 0 Å². The minimum atomic E-state index is -1.07. The maximum absolute atomic E-state index is 12.7. The molecule has 0 aliphatic carbocycles. The Hall–Kier alpha value is -3.95. The van der Waals surface area contributed by atoms with Crippen LogP contribution in [-0.2, 0) is 34.0 Å². The van der Waals surface area contributed by atoms with Crippen molar-refractivity contribution in [1.82, 2.24) is 13.7 Å². The fraction of sp³-hybridized carbons (Fsp3) is 0.250. The van der Waals surface area contributed by atoms with Gasteiger partial charge in [-0.15, -0.1) is 0 Å². The normalized spacial score (nSPS) is 10.9. The molecule has 10 heteroatoms. The van der Waals surface area contributed by atoms with Crippen molar-refractivity contribution in [1.29, 1.82) is 0 Å². The number of aromatic carboxylic acids is 1. The minimum absolute atomic E-state index is 0.00930. The number of hydrogen-bond donors (Lipinski definition) is 1. The second-order valence-corrected chi connectivity index (χ2v) is 7.15. The van der Waals surface area contributed by atoms with Gasteiger partial charge in [0.2, 0.25) is 0 Å². The van der Waals surface area contributed by atoms with Gasteiger partial charge in [0.25, 0.3) is 5.69 Å². The molecule has 0 amide bonds. The first kappa shape index (κ1) is 20.8. The van der Waals surface area contributed by atoms with E-state index in [-0.39, 0.29) is 41.5 Å². The molecule has 0 radical (unpaired) electrons. The van der Waals surface area contributed by atoms with E-state index in [1.807, 2.05) is 0 Å². The maximum Gasteiger partial charge on any atom is 0.352 e. The van der Waals surface area contributed by atoms with Crippen molar-refractivity contribution in [3.63, 3.8) is 0 Å². The molecule has 1 N–H and O–H groups in total. The van der Waals surface area contributed by atoms with Crippen LogP contribution in [0.4, 0.5) is 5.69 Å². The van der Waals surface area contributed by atoms with Gasteiger partial charge in [0.15, 0.2) is 11.6 Å². The van der Waals surface area contributed by atoms with Crippen LogP contribution in [0.15, 0.2) is 36.8 Å². The average molecular weight is 412 g/mol. The summed E-state index contributed by atoms with van der Waals surface area (Å²) in [4.78, 5) is 46.7. The van der Waals surface area contributed by atoms with Gasteiger partial charge in [-0.1, -0.05) is 0 Å². The summed E-state index contributed by atoms with van der Waals surface area (Å²) in [5, 5.41) is 20.0. The number of hydrogen-bond acceptors (Lipinski definition) is 5. The number of aryl methyl sites for hydroxylation is 3. The second-order valence-electron chi connectivity index (χ2n) is 7.15. The maximum atomic E-state index is 12.7. The summed E-state index contributed by atoms with van der Waals surface area (Å²) < 4.78 is 4.46. The molecular weight excluding hydrogens is 392 g/mol. The van der Waals surface area contributed by atoms with Gasteiger partial charge >= 0.3 is 5.97 Å². The highest BCUT2D eigenvalue weighted by Crippen LogP contribution is 2.19. The third-order valence-corrected chi connectivity index (χ3v) is 4.84. The molecule has 156 valence electrons. The molecule has 3 rings (SSSR count).